The molecule has 0 radical (unpaired) electrons. The van der Waals surface area contributed by atoms with E-state index in [4.69, 9.17) is 9.47 Å². The highest BCUT2D eigenvalue weighted by molar-refractivity contribution is 7.04. The molecule has 1 amide bonds. The van der Waals surface area contributed by atoms with Gasteiger partial charge in [0.25, 0.3) is 0 Å². The predicted octanol–water partition coefficient (Wildman–Crippen LogP) is 2.11. The highest BCUT2D eigenvalue weighted by Crippen LogP contribution is 2.24. The molecule has 78 valence electrons. The number of aromatic nitrogens is 1. The number of nitrogens with zero attached hydrogens (tertiary/aromatic N) is 1. The van der Waals surface area contributed by atoms with Crippen molar-refractivity contribution in [3.63, 3.8) is 0 Å². The van der Waals surface area contributed by atoms with Crippen LogP contribution in [-0.2, 0) is 4.74 Å². The molecule has 0 saturated heterocycles. The summed E-state index contributed by atoms with van der Waals surface area (Å²) in [5.74, 6) is 0.399. The maximum Gasteiger partial charge on any atom is 0.412 e. The van der Waals surface area contributed by atoms with Crippen LogP contribution in [0.25, 0.3) is 0 Å². The number of nitrogens with one attached hydrogen (secondary N) is 1. The Morgan fingerprint density at radius 1 is 1.64 bits per heavy atom. The number of rotatable bonds is 3. The first-order chi connectivity index (χ1) is 6.63. The number of ether oxygens (including phenoxy) is 2. The second kappa shape index (κ2) is 4.80. The number of carbonyl (C=O) groups excluding carboxylic acids is 1. The van der Waals surface area contributed by atoms with Crippen molar-refractivity contribution in [1.29, 1.82) is 0 Å². The smallest absolute Gasteiger partial charge is 0.412 e. The summed E-state index contributed by atoms with van der Waals surface area (Å²) in [4.78, 5) is 11.2. The monoisotopic (exact) mass is 216 g/mol. The zero-order valence-electron chi connectivity index (χ0n) is 8.23. The van der Waals surface area contributed by atoms with Gasteiger partial charge in [-0.1, -0.05) is 0 Å². The summed E-state index contributed by atoms with van der Waals surface area (Å²) >= 11 is 1.21. The fraction of sp³-hybridized carbons (Fsp3) is 0.500. The van der Waals surface area contributed by atoms with Gasteiger partial charge in [-0.05, 0) is 25.4 Å². The van der Waals surface area contributed by atoms with Gasteiger partial charge in [-0.15, -0.1) is 0 Å². The summed E-state index contributed by atoms with van der Waals surface area (Å²) in [6.45, 7) is 3.56. The largest absolute Gasteiger partial charge is 0.479 e. The van der Waals surface area contributed by atoms with Crippen LogP contribution in [0.1, 0.15) is 13.8 Å². The van der Waals surface area contributed by atoms with E-state index in [-0.39, 0.29) is 6.10 Å². The van der Waals surface area contributed by atoms with Gasteiger partial charge in [0.15, 0.2) is 0 Å². The first-order valence-corrected chi connectivity index (χ1v) is 4.93. The van der Waals surface area contributed by atoms with Gasteiger partial charge >= 0.3 is 6.09 Å². The normalized spacial score (nSPS) is 10.0. The summed E-state index contributed by atoms with van der Waals surface area (Å²) in [6.07, 6.45) is -0.647. The van der Waals surface area contributed by atoms with E-state index in [1.54, 1.807) is 19.2 Å². The highest BCUT2D eigenvalue weighted by Gasteiger charge is 2.11. The fourth-order valence-corrected chi connectivity index (χ4v) is 1.40. The minimum atomic E-state index is -0.501. The van der Waals surface area contributed by atoms with Gasteiger partial charge in [0, 0.05) is 5.38 Å². The summed E-state index contributed by atoms with van der Waals surface area (Å²) in [7, 11) is 1.49. The van der Waals surface area contributed by atoms with Gasteiger partial charge in [-0.25, -0.2) is 4.79 Å². The van der Waals surface area contributed by atoms with Crippen LogP contribution in [0.15, 0.2) is 5.38 Å². The Morgan fingerprint density at radius 2 is 2.36 bits per heavy atom. The minimum Gasteiger partial charge on any atom is -0.479 e. The van der Waals surface area contributed by atoms with E-state index >= 15 is 0 Å². The van der Waals surface area contributed by atoms with Gasteiger partial charge < -0.3 is 9.47 Å². The number of methoxy groups -OCH3 is 1. The van der Waals surface area contributed by atoms with Gasteiger partial charge in [-0.2, -0.15) is 4.37 Å². The lowest BCUT2D eigenvalue weighted by Gasteiger charge is -2.08. The van der Waals surface area contributed by atoms with Crippen LogP contribution in [-0.4, -0.2) is 23.7 Å². The van der Waals surface area contributed by atoms with Gasteiger partial charge in [0.2, 0.25) is 5.88 Å². The van der Waals surface area contributed by atoms with Crippen LogP contribution in [0.4, 0.5) is 10.5 Å². The van der Waals surface area contributed by atoms with Crippen molar-refractivity contribution in [3.05, 3.63) is 5.38 Å². The van der Waals surface area contributed by atoms with E-state index in [0.29, 0.717) is 11.6 Å². The van der Waals surface area contributed by atoms with Crippen molar-refractivity contribution in [2.45, 2.75) is 20.0 Å². The molecular formula is C8H12N2O3S. The first kappa shape index (κ1) is 10.8. The molecule has 6 heteroatoms. The van der Waals surface area contributed by atoms with Gasteiger partial charge in [0.05, 0.1) is 13.2 Å². The third kappa shape index (κ3) is 2.88. The lowest BCUT2D eigenvalue weighted by atomic mass is 10.5. The average Bonchev–Trinajstić information content (AvgIpc) is 2.50. The Labute approximate surface area is 86.2 Å². The zero-order chi connectivity index (χ0) is 10.6. The maximum absolute atomic E-state index is 11.2. The standard InChI is InChI=1S/C8H12N2O3S/c1-5(2)13-8(11)9-6-4-14-10-7(6)12-3/h4-5H,1-3H3,(H,9,11). The minimum absolute atomic E-state index is 0.146. The summed E-state index contributed by atoms with van der Waals surface area (Å²) < 4.78 is 13.7. The fourth-order valence-electron chi connectivity index (χ4n) is 0.810. The first-order valence-electron chi connectivity index (χ1n) is 4.09. The van der Waals surface area contributed by atoms with Crippen LogP contribution < -0.4 is 10.1 Å². The van der Waals surface area contributed by atoms with E-state index in [9.17, 15) is 4.79 Å². The van der Waals surface area contributed by atoms with E-state index < -0.39 is 6.09 Å². The summed E-state index contributed by atoms with van der Waals surface area (Å²) in [6, 6.07) is 0. The second-order valence-electron chi connectivity index (χ2n) is 2.82. The molecule has 1 heterocycles. The lowest BCUT2D eigenvalue weighted by molar-refractivity contribution is 0.130. The molecule has 0 aliphatic heterocycles. The molecule has 0 fully saturated rings. The number of carbonyl (C=O) groups is 1. The molecule has 0 aromatic carbocycles. The second-order valence-corrected chi connectivity index (χ2v) is 3.45. The lowest BCUT2D eigenvalue weighted by Crippen LogP contribution is -2.17. The molecule has 1 rings (SSSR count). The van der Waals surface area contributed by atoms with Crippen molar-refractivity contribution in [2.24, 2.45) is 0 Å². The van der Waals surface area contributed by atoms with E-state index in [1.165, 1.54) is 18.6 Å². The molecule has 0 aliphatic carbocycles. The molecule has 0 atom stereocenters. The summed E-state index contributed by atoms with van der Waals surface area (Å²) in [5, 5.41) is 4.22. The topological polar surface area (TPSA) is 60.5 Å². The quantitative estimate of drug-likeness (QED) is 0.840. The molecule has 0 unspecified atom stereocenters. The molecule has 14 heavy (non-hydrogen) atoms. The average molecular weight is 216 g/mol. The van der Waals surface area contributed by atoms with Crippen molar-refractivity contribution >= 4 is 23.3 Å². The van der Waals surface area contributed by atoms with Crippen molar-refractivity contribution < 1.29 is 14.3 Å². The Hall–Kier alpha value is -1.30. The molecule has 0 saturated carbocycles. The Kier molecular flexibility index (Phi) is 3.70. The van der Waals surface area contributed by atoms with Crippen molar-refractivity contribution in [1.82, 2.24) is 4.37 Å². The highest BCUT2D eigenvalue weighted by atomic mass is 32.1. The number of amides is 1. The number of hydrogen-bond acceptors (Lipinski definition) is 5. The molecule has 1 aromatic rings. The third-order valence-corrected chi connectivity index (χ3v) is 1.92. The predicted molar refractivity (Wildman–Crippen MR) is 53.9 cm³/mol. The van der Waals surface area contributed by atoms with Crippen LogP contribution in [0.5, 0.6) is 5.88 Å². The van der Waals surface area contributed by atoms with Crippen molar-refractivity contribution in [3.8, 4) is 5.88 Å². The molecule has 1 N–H and O–H groups in total. The molecule has 5 nitrogen and oxygen atoms in total. The Bertz CT molecular complexity index is 311. The van der Waals surface area contributed by atoms with Crippen LogP contribution >= 0.6 is 11.5 Å². The van der Waals surface area contributed by atoms with Crippen molar-refractivity contribution in [2.75, 3.05) is 12.4 Å². The molecule has 0 spiro atoms. The summed E-state index contributed by atoms with van der Waals surface area (Å²) in [5.41, 5.74) is 0.531. The SMILES string of the molecule is COc1nscc1NC(=O)OC(C)C. The molecular weight excluding hydrogens is 204 g/mol. The molecule has 0 aliphatic rings. The van der Waals surface area contributed by atoms with E-state index in [2.05, 4.69) is 9.69 Å². The third-order valence-electron chi connectivity index (χ3n) is 1.31. The maximum atomic E-state index is 11.2. The van der Waals surface area contributed by atoms with E-state index in [0.717, 1.165) is 0 Å². The van der Waals surface area contributed by atoms with Crippen LogP contribution in [0, 0.1) is 0 Å². The zero-order valence-corrected chi connectivity index (χ0v) is 9.05. The van der Waals surface area contributed by atoms with Crippen LogP contribution in [0.2, 0.25) is 0 Å². The molecule has 1 aromatic heterocycles. The van der Waals surface area contributed by atoms with Crippen LogP contribution in [0.3, 0.4) is 0 Å². The number of anilines is 1. The Morgan fingerprint density at radius 3 is 2.93 bits per heavy atom. The number of hydrogen-bond donors (Lipinski definition) is 1. The van der Waals surface area contributed by atoms with Gasteiger partial charge in [0.1, 0.15) is 5.69 Å². The van der Waals surface area contributed by atoms with E-state index in [1.807, 2.05) is 0 Å². The Balaban J connectivity index is 2.55. The molecule has 0 bridgehead atoms. The van der Waals surface area contributed by atoms with Gasteiger partial charge in [-0.3, -0.25) is 5.32 Å².